The minimum Gasteiger partial charge on any atom is -0.335 e. The monoisotopic (exact) mass is 361 g/mol. The molecule has 0 bridgehead atoms. The van der Waals surface area contributed by atoms with E-state index in [0.29, 0.717) is 36.2 Å². The van der Waals surface area contributed by atoms with Crippen LogP contribution in [0.1, 0.15) is 47.6 Å². The highest BCUT2D eigenvalue weighted by molar-refractivity contribution is 7.12. The van der Waals surface area contributed by atoms with Crippen LogP contribution in [-0.4, -0.2) is 56.4 Å². The maximum Gasteiger partial charge on any atom is 0.264 e. The molecule has 8 heteroatoms. The SMILES string of the molecule is Cc1nc(C2CN(C(=O)c3cccs3)CCCN2C(=O)C(C)C)n[nH]1. The van der Waals surface area contributed by atoms with Gasteiger partial charge in [0.2, 0.25) is 5.91 Å². The van der Waals surface area contributed by atoms with E-state index in [1.807, 2.05) is 48.1 Å². The zero-order chi connectivity index (χ0) is 18.0. The van der Waals surface area contributed by atoms with Gasteiger partial charge in [0.25, 0.3) is 5.91 Å². The van der Waals surface area contributed by atoms with Gasteiger partial charge in [-0.15, -0.1) is 11.3 Å². The highest BCUT2D eigenvalue weighted by Crippen LogP contribution is 2.26. The number of H-pyrrole nitrogens is 1. The first-order valence-corrected chi connectivity index (χ1v) is 9.37. The highest BCUT2D eigenvalue weighted by atomic mass is 32.1. The Labute approximate surface area is 151 Å². The fourth-order valence-electron chi connectivity index (χ4n) is 3.05. The molecule has 1 saturated heterocycles. The summed E-state index contributed by atoms with van der Waals surface area (Å²) in [5, 5.41) is 9.01. The molecule has 1 N–H and O–H groups in total. The van der Waals surface area contributed by atoms with E-state index in [4.69, 9.17) is 0 Å². The normalized spacial score (nSPS) is 18.5. The molecule has 1 unspecified atom stereocenters. The molecule has 3 heterocycles. The quantitative estimate of drug-likeness (QED) is 0.909. The van der Waals surface area contributed by atoms with Gasteiger partial charge in [-0.05, 0) is 24.8 Å². The number of carbonyl (C=O) groups is 2. The van der Waals surface area contributed by atoms with Crippen molar-refractivity contribution in [3.05, 3.63) is 34.0 Å². The van der Waals surface area contributed by atoms with Crippen LogP contribution in [0, 0.1) is 12.8 Å². The Morgan fingerprint density at radius 1 is 1.36 bits per heavy atom. The number of thiophene rings is 1. The van der Waals surface area contributed by atoms with Crippen molar-refractivity contribution in [2.75, 3.05) is 19.6 Å². The largest absolute Gasteiger partial charge is 0.335 e. The Morgan fingerprint density at radius 2 is 2.16 bits per heavy atom. The second-order valence-corrected chi connectivity index (χ2v) is 7.51. The third-order valence-electron chi connectivity index (χ3n) is 4.31. The van der Waals surface area contributed by atoms with Crippen molar-refractivity contribution >= 4 is 23.2 Å². The minimum atomic E-state index is -0.328. The van der Waals surface area contributed by atoms with Crippen LogP contribution in [0.15, 0.2) is 17.5 Å². The number of carbonyl (C=O) groups excluding carboxylic acids is 2. The van der Waals surface area contributed by atoms with E-state index in [0.717, 1.165) is 6.42 Å². The second-order valence-electron chi connectivity index (χ2n) is 6.56. The number of nitrogens with one attached hydrogen (secondary N) is 1. The molecule has 1 atom stereocenters. The molecule has 25 heavy (non-hydrogen) atoms. The summed E-state index contributed by atoms with van der Waals surface area (Å²) in [6.07, 6.45) is 0.746. The summed E-state index contributed by atoms with van der Waals surface area (Å²) in [7, 11) is 0. The molecule has 1 fully saturated rings. The third kappa shape index (κ3) is 3.73. The fourth-order valence-corrected chi connectivity index (χ4v) is 3.74. The average molecular weight is 361 g/mol. The molecule has 2 amide bonds. The lowest BCUT2D eigenvalue weighted by atomic mass is 10.1. The topological polar surface area (TPSA) is 82.2 Å². The molecule has 0 radical (unpaired) electrons. The van der Waals surface area contributed by atoms with E-state index in [1.54, 1.807) is 0 Å². The summed E-state index contributed by atoms with van der Waals surface area (Å²) in [5.41, 5.74) is 0. The fraction of sp³-hybridized carbons (Fsp3) is 0.529. The van der Waals surface area contributed by atoms with Crippen LogP contribution in [0.2, 0.25) is 0 Å². The van der Waals surface area contributed by atoms with E-state index in [2.05, 4.69) is 15.2 Å². The molecule has 0 spiro atoms. The lowest BCUT2D eigenvalue weighted by Gasteiger charge is -2.31. The smallest absolute Gasteiger partial charge is 0.264 e. The lowest BCUT2D eigenvalue weighted by Crippen LogP contribution is -2.42. The average Bonchev–Trinajstić information content (AvgIpc) is 3.21. The van der Waals surface area contributed by atoms with Crippen LogP contribution in [0.25, 0.3) is 0 Å². The highest BCUT2D eigenvalue weighted by Gasteiger charge is 2.35. The molecular weight excluding hydrogens is 338 g/mol. The predicted octanol–water partition coefficient (Wildman–Crippen LogP) is 2.25. The first-order valence-electron chi connectivity index (χ1n) is 8.49. The van der Waals surface area contributed by atoms with Crippen LogP contribution in [0.4, 0.5) is 0 Å². The Balaban J connectivity index is 1.90. The van der Waals surface area contributed by atoms with Crippen LogP contribution in [0.5, 0.6) is 0 Å². The van der Waals surface area contributed by atoms with Gasteiger partial charge in [0, 0.05) is 25.6 Å². The van der Waals surface area contributed by atoms with Crippen molar-refractivity contribution in [2.45, 2.75) is 33.2 Å². The summed E-state index contributed by atoms with van der Waals surface area (Å²) in [4.78, 5) is 34.3. The molecular formula is C17H23N5O2S. The zero-order valence-electron chi connectivity index (χ0n) is 14.7. The van der Waals surface area contributed by atoms with E-state index in [9.17, 15) is 9.59 Å². The van der Waals surface area contributed by atoms with Gasteiger partial charge in [-0.3, -0.25) is 14.7 Å². The summed E-state index contributed by atoms with van der Waals surface area (Å²) in [6, 6.07) is 3.38. The van der Waals surface area contributed by atoms with Crippen molar-refractivity contribution < 1.29 is 9.59 Å². The summed E-state index contributed by atoms with van der Waals surface area (Å²) in [5.74, 6) is 1.23. The van der Waals surface area contributed by atoms with Crippen molar-refractivity contribution in [2.24, 2.45) is 5.92 Å². The van der Waals surface area contributed by atoms with Gasteiger partial charge in [0.1, 0.15) is 11.9 Å². The molecule has 2 aromatic rings. The molecule has 3 rings (SSSR count). The summed E-state index contributed by atoms with van der Waals surface area (Å²) in [6.45, 7) is 7.25. The number of aromatic nitrogens is 3. The number of amides is 2. The van der Waals surface area contributed by atoms with Crippen LogP contribution in [0.3, 0.4) is 0 Å². The first kappa shape index (κ1) is 17.6. The third-order valence-corrected chi connectivity index (χ3v) is 5.16. The Morgan fingerprint density at radius 3 is 2.76 bits per heavy atom. The van der Waals surface area contributed by atoms with Gasteiger partial charge in [0.05, 0.1) is 4.88 Å². The molecule has 1 aliphatic rings. The summed E-state index contributed by atoms with van der Waals surface area (Å²) >= 11 is 1.44. The Kier molecular flexibility index (Phi) is 5.17. The molecule has 0 saturated carbocycles. The number of hydrogen-bond acceptors (Lipinski definition) is 5. The molecule has 0 aliphatic carbocycles. The number of hydrogen-bond donors (Lipinski definition) is 1. The summed E-state index contributed by atoms with van der Waals surface area (Å²) < 4.78 is 0. The van der Waals surface area contributed by atoms with Gasteiger partial charge in [-0.1, -0.05) is 19.9 Å². The van der Waals surface area contributed by atoms with E-state index in [1.165, 1.54) is 11.3 Å². The van der Waals surface area contributed by atoms with Gasteiger partial charge in [-0.2, -0.15) is 5.10 Å². The van der Waals surface area contributed by atoms with Gasteiger partial charge in [-0.25, -0.2) is 4.98 Å². The van der Waals surface area contributed by atoms with Crippen LogP contribution < -0.4 is 0 Å². The molecule has 7 nitrogen and oxygen atoms in total. The second kappa shape index (κ2) is 7.35. The van der Waals surface area contributed by atoms with Crippen LogP contribution in [-0.2, 0) is 4.79 Å². The maximum atomic E-state index is 12.8. The van der Waals surface area contributed by atoms with Crippen molar-refractivity contribution in [3.8, 4) is 0 Å². The Hall–Kier alpha value is -2.22. The maximum absolute atomic E-state index is 12.8. The lowest BCUT2D eigenvalue weighted by molar-refractivity contribution is -0.137. The minimum absolute atomic E-state index is 0.00565. The van der Waals surface area contributed by atoms with E-state index in [-0.39, 0.29) is 23.8 Å². The van der Waals surface area contributed by atoms with Gasteiger partial charge >= 0.3 is 0 Å². The van der Waals surface area contributed by atoms with Crippen molar-refractivity contribution in [1.29, 1.82) is 0 Å². The number of aromatic amines is 1. The molecule has 0 aromatic carbocycles. The number of nitrogens with zero attached hydrogens (tertiary/aromatic N) is 4. The van der Waals surface area contributed by atoms with Crippen molar-refractivity contribution in [1.82, 2.24) is 25.0 Å². The number of aryl methyl sites for hydroxylation is 1. The first-order chi connectivity index (χ1) is 12.0. The number of rotatable bonds is 3. The zero-order valence-corrected chi connectivity index (χ0v) is 15.5. The molecule has 134 valence electrons. The van der Waals surface area contributed by atoms with Gasteiger partial charge < -0.3 is 9.80 Å². The predicted molar refractivity (Wildman–Crippen MR) is 95.3 cm³/mol. The molecule has 2 aromatic heterocycles. The van der Waals surface area contributed by atoms with E-state index >= 15 is 0 Å². The van der Waals surface area contributed by atoms with Crippen molar-refractivity contribution in [3.63, 3.8) is 0 Å². The molecule has 1 aliphatic heterocycles. The standard InChI is InChI=1S/C17H23N5O2S/c1-11(2)16(23)22-8-5-7-21(17(24)14-6-4-9-25-14)10-13(22)15-18-12(3)19-20-15/h4,6,9,11,13H,5,7-8,10H2,1-3H3,(H,18,19,20). The van der Waals surface area contributed by atoms with Crippen LogP contribution >= 0.6 is 11.3 Å². The van der Waals surface area contributed by atoms with Gasteiger partial charge in [0.15, 0.2) is 5.82 Å². The Bertz CT molecular complexity index is 740. The van der Waals surface area contributed by atoms with E-state index < -0.39 is 0 Å².